The molecule has 0 fully saturated rings. The van der Waals surface area contributed by atoms with E-state index in [1.54, 1.807) is 30.3 Å². The third-order valence-electron chi connectivity index (χ3n) is 5.27. The van der Waals surface area contributed by atoms with Gasteiger partial charge in [-0.25, -0.2) is 19.2 Å². The van der Waals surface area contributed by atoms with E-state index in [9.17, 15) is 19.2 Å². The van der Waals surface area contributed by atoms with Crippen molar-refractivity contribution in [1.29, 1.82) is 0 Å². The maximum atomic E-state index is 11.1. The Morgan fingerprint density at radius 3 is 1.63 bits per heavy atom. The van der Waals surface area contributed by atoms with Gasteiger partial charge in [0.15, 0.2) is 0 Å². The first-order chi connectivity index (χ1) is 17.2. The minimum absolute atomic E-state index is 0.167. The van der Waals surface area contributed by atoms with Crippen LogP contribution in [0.2, 0.25) is 0 Å². The Labute approximate surface area is 200 Å². The molecule has 1 aliphatic carbocycles. The van der Waals surface area contributed by atoms with Crippen LogP contribution in [0.4, 0.5) is 0 Å². The van der Waals surface area contributed by atoms with E-state index in [1.165, 1.54) is 53.3 Å². The SMILES string of the molecule is O=C=NC1C=CC=C(C(N=C=O)(N=C=O)c2ccccc2)C1N=C=O.c1ccc2ccccc2c1. The first-order valence-electron chi connectivity index (χ1n) is 10.4. The van der Waals surface area contributed by atoms with Crippen molar-refractivity contribution in [2.75, 3.05) is 0 Å². The zero-order valence-corrected chi connectivity index (χ0v) is 18.3. The molecule has 0 saturated heterocycles. The highest BCUT2D eigenvalue weighted by Gasteiger charge is 2.43. The molecule has 35 heavy (non-hydrogen) atoms. The van der Waals surface area contributed by atoms with Crippen LogP contribution in [0, 0.1) is 0 Å². The average Bonchev–Trinajstić information content (AvgIpc) is 2.91. The number of isocyanates is 4. The highest BCUT2D eigenvalue weighted by Crippen LogP contribution is 2.40. The van der Waals surface area contributed by atoms with Crippen molar-refractivity contribution in [3.05, 3.63) is 108 Å². The molecule has 0 aromatic heterocycles. The van der Waals surface area contributed by atoms with Crippen LogP contribution in [-0.4, -0.2) is 36.4 Å². The van der Waals surface area contributed by atoms with Gasteiger partial charge in [0, 0.05) is 11.1 Å². The Hall–Kier alpha value is -5.08. The maximum absolute atomic E-state index is 11.1. The van der Waals surface area contributed by atoms with Gasteiger partial charge in [-0.05, 0) is 10.8 Å². The van der Waals surface area contributed by atoms with Gasteiger partial charge in [0.1, 0.15) is 12.1 Å². The van der Waals surface area contributed by atoms with Gasteiger partial charge in [0.2, 0.25) is 30.0 Å². The van der Waals surface area contributed by atoms with Crippen molar-refractivity contribution < 1.29 is 19.2 Å². The van der Waals surface area contributed by atoms with E-state index < -0.39 is 17.7 Å². The van der Waals surface area contributed by atoms with Gasteiger partial charge in [-0.2, -0.15) is 20.0 Å². The van der Waals surface area contributed by atoms with Crippen molar-refractivity contribution in [1.82, 2.24) is 0 Å². The second-order valence-corrected chi connectivity index (χ2v) is 7.17. The van der Waals surface area contributed by atoms with Gasteiger partial charge in [-0.1, -0.05) is 97.1 Å². The molecule has 8 heteroatoms. The topological polar surface area (TPSA) is 118 Å². The number of hydrogen-bond acceptors (Lipinski definition) is 8. The molecule has 3 aromatic rings. The highest BCUT2D eigenvalue weighted by molar-refractivity contribution is 5.82. The molecule has 2 unspecified atom stereocenters. The Bertz CT molecular complexity index is 1350. The van der Waals surface area contributed by atoms with Crippen molar-refractivity contribution in [3.63, 3.8) is 0 Å². The zero-order valence-electron chi connectivity index (χ0n) is 18.3. The molecular formula is C27H18N4O4. The fourth-order valence-corrected chi connectivity index (χ4v) is 3.75. The van der Waals surface area contributed by atoms with Crippen LogP contribution in [0.3, 0.4) is 0 Å². The van der Waals surface area contributed by atoms with E-state index in [0.717, 1.165) is 0 Å². The number of benzene rings is 3. The number of fused-ring (bicyclic) bond motifs is 1. The van der Waals surface area contributed by atoms with E-state index in [0.29, 0.717) is 5.56 Å². The second-order valence-electron chi connectivity index (χ2n) is 7.17. The van der Waals surface area contributed by atoms with Crippen molar-refractivity contribution in [2.45, 2.75) is 17.7 Å². The van der Waals surface area contributed by atoms with Crippen LogP contribution < -0.4 is 0 Å². The van der Waals surface area contributed by atoms with Gasteiger partial charge >= 0.3 is 0 Å². The van der Waals surface area contributed by atoms with E-state index in [4.69, 9.17) is 0 Å². The molecule has 0 bridgehead atoms. The summed E-state index contributed by atoms with van der Waals surface area (Å²) in [4.78, 5) is 58.2. The van der Waals surface area contributed by atoms with E-state index in [1.807, 2.05) is 0 Å². The minimum Gasteiger partial charge on any atom is -0.211 e. The lowest BCUT2D eigenvalue weighted by molar-refractivity contribution is 0.468. The summed E-state index contributed by atoms with van der Waals surface area (Å²) in [6.07, 6.45) is 10.1. The van der Waals surface area contributed by atoms with Crippen LogP contribution in [0.15, 0.2) is 123 Å². The lowest BCUT2D eigenvalue weighted by atomic mass is 9.82. The molecule has 0 radical (unpaired) electrons. The molecule has 8 nitrogen and oxygen atoms in total. The summed E-state index contributed by atoms with van der Waals surface area (Å²) in [7, 11) is 0. The number of hydrogen-bond donors (Lipinski definition) is 0. The molecule has 170 valence electrons. The Balaban J connectivity index is 0.000000281. The molecular weight excluding hydrogens is 444 g/mol. The molecule has 4 rings (SSSR count). The Morgan fingerprint density at radius 2 is 1.14 bits per heavy atom. The summed E-state index contributed by atoms with van der Waals surface area (Å²) < 4.78 is 0. The smallest absolute Gasteiger partial charge is 0.211 e. The summed E-state index contributed by atoms with van der Waals surface area (Å²) in [6.45, 7) is 0. The summed E-state index contributed by atoms with van der Waals surface area (Å²) in [5.74, 6) is 0. The number of allylic oxidation sites excluding steroid dienone is 2. The average molecular weight is 462 g/mol. The lowest BCUT2D eigenvalue weighted by Crippen LogP contribution is -2.37. The van der Waals surface area contributed by atoms with Crippen LogP contribution in [0.1, 0.15) is 5.56 Å². The Kier molecular flexibility index (Phi) is 8.59. The normalized spacial score (nSPS) is 17.4. The number of aliphatic imine (C=N–C) groups is 4. The summed E-state index contributed by atoms with van der Waals surface area (Å²) in [6, 6.07) is 23.0. The van der Waals surface area contributed by atoms with Gasteiger partial charge in [-0.15, -0.1) is 0 Å². The molecule has 0 aliphatic heterocycles. The number of carbonyl (C=O) groups excluding carboxylic acids is 4. The first kappa shape index (κ1) is 24.6. The lowest BCUT2D eigenvalue weighted by Gasteiger charge is -2.32. The molecule has 3 aromatic carbocycles. The van der Waals surface area contributed by atoms with E-state index >= 15 is 0 Å². The molecule has 0 saturated carbocycles. The predicted octanol–water partition coefficient (Wildman–Crippen LogP) is 4.26. The summed E-state index contributed by atoms with van der Waals surface area (Å²) >= 11 is 0. The third kappa shape index (κ3) is 5.65. The van der Waals surface area contributed by atoms with Crippen LogP contribution in [0.5, 0.6) is 0 Å². The predicted molar refractivity (Wildman–Crippen MR) is 129 cm³/mol. The standard InChI is InChI=1S/C17H10N4O4.C10H8/c22-9-18-15-8-4-7-14(16(15)19-10-23)17(20-11-24,21-12-25)13-5-2-1-3-6-13;1-2-6-10-8-4-3-7-9(10)5-1/h1-8,15-16H;1-8H. The van der Waals surface area contributed by atoms with Gasteiger partial charge in [0.05, 0.1) is 0 Å². The van der Waals surface area contributed by atoms with Gasteiger partial charge < -0.3 is 0 Å². The number of rotatable bonds is 6. The summed E-state index contributed by atoms with van der Waals surface area (Å²) in [5, 5.41) is 2.62. The second kappa shape index (κ2) is 12.2. The molecule has 0 amide bonds. The quantitative estimate of drug-likeness (QED) is 0.402. The minimum atomic E-state index is -1.84. The third-order valence-corrected chi connectivity index (χ3v) is 5.27. The largest absolute Gasteiger partial charge is 0.238 e. The molecule has 0 N–H and O–H groups in total. The zero-order chi connectivity index (χ0) is 24.9. The molecule has 2 atom stereocenters. The molecule has 0 spiro atoms. The Morgan fingerprint density at radius 1 is 0.629 bits per heavy atom. The van der Waals surface area contributed by atoms with E-state index in [-0.39, 0.29) is 5.57 Å². The van der Waals surface area contributed by atoms with Gasteiger partial charge in [-0.3, -0.25) is 0 Å². The molecule has 1 aliphatic rings. The van der Waals surface area contributed by atoms with Crippen molar-refractivity contribution in [2.24, 2.45) is 20.0 Å². The van der Waals surface area contributed by atoms with Crippen molar-refractivity contribution >= 4 is 35.1 Å². The van der Waals surface area contributed by atoms with Crippen LogP contribution in [-0.2, 0) is 24.8 Å². The van der Waals surface area contributed by atoms with Crippen LogP contribution in [0.25, 0.3) is 10.8 Å². The fraction of sp³-hybridized carbons (Fsp3) is 0.111. The maximum Gasteiger partial charge on any atom is 0.238 e. The van der Waals surface area contributed by atoms with E-state index in [2.05, 4.69) is 68.5 Å². The van der Waals surface area contributed by atoms with Crippen LogP contribution >= 0.6 is 0 Å². The summed E-state index contributed by atoms with van der Waals surface area (Å²) in [5.41, 5.74) is -1.32. The van der Waals surface area contributed by atoms with Crippen molar-refractivity contribution in [3.8, 4) is 0 Å². The monoisotopic (exact) mass is 462 g/mol. The highest BCUT2D eigenvalue weighted by atomic mass is 16.1. The van der Waals surface area contributed by atoms with Gasteiger partial charge in [0.25, 0.3) is 0 Å². The molecule has 0 heterocycles. The number of nitrogens with zero attached hydrogens (tertiary/aromatic N) is 4. The fourth-order valence-electron chi connectivity index (χ4n) is 3.75. The first-order valence-corrected chi connectivity index (χ1v) is 10.4.